The number of halogens is 3. The maximum Gasteiger partial charge on any atom is 0.416 e. The van der Waals surface area contributed by atoms with Gasteiger partial charge in [-0.3, -0.25) is 4.79 Å². The quantitative estimate of drug-likeness (QED) is 0.393. The molecule has 4 nitrogen and oxygen atoms in total. The van der Waals surface area contributed by atoms with Crippen molar-refractivity contribution in [3.05, 3.63) is 118 Å². The number of rotatable bonds is 6. The summed E-state index contributed by atoms with van der Waals surface area (Å²) in [6.45, 7) is 1.76. The van der Waals surface area contributed by atoms with Crippen LogP contribution in [0.2, 0.25) is 0 Å². The second kappa shape index (κ2) is 10.2. The van der Waals surface area contributed by atoms with Gasteiger partial charge in [-0.15, -0.1) is 0 Å². The van der Waals surface area contributed by atoms with Gasteiger partial charge >= 0.3 is 12.1 Å². The minimum absolute atomic E-state index is 0.0310. The number of carbonyl (C=O) groups is 2. The number of alkyl halides is 3. The minimum atomic E-state index is -4.63. The molecule has 0 aromatic heterocycles. The summed E-state index contributed by atoms with van der Waals surface area (Å²) in [5, 5.41) is 0. The van der Waals surface area contributed by atoms with Crippen molar-refractivity contribution in [2.24, 2.45) is 0 Å². The fourth-order valence-corrected chi connectivity index (χ4v) is 4.36. The molecule has 1 amide bonds. The molecule has 0 spiro atoms. The smallest absolute Gasteiger partial charge is 0.416 e. The van der Waals surface area contributed by atoms with Crippen molar-refractivity contribution in [1.82, 2.24) is 4.90 Å². The van der Waals surface area contributed by atoms with Crippen molar-refractivity contribution in [2.45, 2.75) is 38.6 Å². The Balaban J connectivity index is 1.75. The molecule has 7 heteroatoms. The van der Waals surface area contributed by atoms with Gasteiger partial charge in [0, 0.05) is 18.0 Å². The maximum atomic E-state index is 13.8. The highest BCUT2D eigenvalue weighted by atomic mass is 19.4. The van der Waals surface area contributed by atoms with E-state index < -0.39 is 23.6 Å². The third kappa shape index (κ3) is 5.45. The average Bonchev–Trinajstić information content (AvgIpc) is 2.85. The number of nitrogens with zero attached hydrogens (tertiary/aromatic N) is 1. The summed E-state index contributed by atoms with van der Waals surface area (Å²) in [7, 11) is 0. The van der Waals surface area contributed by atoms with Gasteiger partial charge in [0.05, 0.1) is 17.7 Å². The van der Waals surface area contributed by atoms with Crippen LogP contribution >= 0.6 is 0 Å². The van der Waals surface area contributed by atoms with E-state index in [2.05, 4.69) is 0 Å². The van der Waals surface area contributed by atoms with Crippen LogP contribution in [-0.4, -0.2) is 16.8 Å². The molecule has 0 N–H and O–H groups in total. The van der Waals surface area contributed by atoms with Crippen LogP contribution < -0.4 is 0 Å². The first-order valence-corrected chi connectivity index (χ1v) is 11.2. The lowest BCUT2D eigenvalue weighted by atomic mass is 9.81. The molecule has 0 bridgehead atoms. The van der Waals surface area contributed by atoms with E-state index in [1.807, 2.05) is 36.4 Å². The second-order valence-electron chi connectivity index (χ2n) is 8.37. The first-order chi connectivity index (χ1) is 16.8. The lowest BCUT2D eigenvalue weighted by Gasteiger charge is -2.35. The Bertz CT molecular complexity index is 1240. The molecule has 1 atom stereocenters. The highest BCUT2D eigenvalue weighted by molar-refractivity contribution is 5.96. The van der Waals surface area contributed by atoms with Crippen molar-refractivity contribution in [2.75, 3.05) is 0 Å². The third-order valence-corrected chi connectivity index (χ3v) is 6.08. The molecule has 35 heavy (non-hydrogen) atoms. The molecule has 0 saturated carbocycles. The van der Waals surface area contributed by atoms with Crippen LogP contribution in [0.25, 0.3) is 0 Å². The van der Waals surface area contributed by atoms with Crippen LogP contribution in [0.5, 0.6) is 0 Å². The lowest BCUT2D eigenvalue weighted by Crippen LogP contribution is -2.38. The van der Waals surface area contributed by atoms with E-state index in [0.717, 1.165) is 17.2 Å². The van der Waals surface area contributed by atoms with Gasteiger partial charge < -0.3 is 9.64 Å². The third-order valence-electron chi connectivity index (χ3n) is 6.08. The Kier molecular flexibility index (Phi) is 7.05. The molecule has 3 aromatic rings. The number of carbonyl (C=O) groups excluding carboxylic acids is 2. The molecule has 180 valence electrons. The van der Waals surface area contributed by atoms with Crippen molar-refractivity contribution >= 4 is 11.9 Å². The molecular weight excluding hydrogens is 455 g/mol. The maximum absolute atomic E-state index is 13.8. The van der Waals surface area contributed by atoms with Crippen molar-refractivity contribution in [3.63, 3.8) is 0 Å². The first-order valence-electron chi connectivity index (χ1n) is 11.2. The Morgan fingerprint density at radius 1 is 0.914 bits per heavy atom. The van der Waals surface area contributed by atoms with E-state index in [0.29, 0.717) is 5.70 Å². The molecule has 0 radical (unpaired) electrons. The van der Waals surface area contributed by atoms with Gasteiger partial charge in [0.25, 0.3) is 0 Å². The molecule has 0 aliphatic carbocycles. The molecule has 0 fully saturated rings. The van der Waals surface area contributed by atoms with Gasteiger partial charge in [0.1, 0.15) is 6.61 Å². The average molecular weight is 479 g/mol. The number of benzene rings is 3. The topological polar surface area (TPSA) is 46.6 Å². The van der Waals surface area contributed by atoms with Gasteiger partial charge in [0.2, 0.25) is 5.91 Å². The molecule has 1 unspecified atom stereocenters. The van der Waals surface area contributed by atoms with Crippen LogP contribution in [0.4, 0.5) is 13.2 Å². The SMILES string of the molecule is CC1=C(C(=O)OCc2ccccc2)C(c2ccccc2C(F)(F)F)CC(=O)N1Cc1ccccc1. The zero-order valence-electron chi connectivity index (χ0n) is 19.1. The summed E-state index contributed by atoms with van der Waals surface area (Å²) in [4.78, 5) is 27.9. The highest BCUT2D eigenvalue weighted by Gasteiger charge is 2.42. The van der Waals surface area contributed by atoms with Gasteiger partial charge in [-0.1, -0.05) is 78.9 Å². The van der Waals surface area contributed by atoms with E-state index in [4.69, 9.17) is 4.74 Å². The van der Waals surface area contributed by atoms with E-state index >= 15 is 0 Å². The summed E-state index contributed by atoms with van der Waals surface area (Å²) in [6, 6.07) is 23.3. The normalized spacial score (nSPS) is 16.4. The molecule has 1 aliphatic rings. The number of allylic oxidation sites excluding steroid dienone is 1. The van der Waals surface area contributed by atoms with E-state index in [-0.39, 0.29) is 36.6 Å². The molecule has 3 aromatic carbocycles. The lowest BCUT2D eigenvalue weighted by molar-refractivity contribution is -0.143. The molecular formula is C28H24F3NO3. The van der Waals surface area contributed by atoms with Gasteiger partial charge in [0.15, 0.2) is 0 Å². The fraction of sp³-hybridized carbons (Fsp3) is 0.214. The first kappa shape index (κ1) is 24.3. The fourth-order valence-electron chi connectivity index (χ4n) is 4.36. The number of hydrogen-bond donors (Lipinski definition) is 0. The standard InChI is InChI=1S/C28H24F3NO3/c1-19-26(27(34)35-18-21-12-6-3-7-13-21)23(22-14-8-9-15-24(22)28(29,30)31)16-25(33)32(19)17-20-10-4-2-5-11-20/h2-15,23H,16-18H2,1H3. The Hall–Kier alpha value is -3.87. The van der Waals surface area contributed by atoms with Gasteiger partial charge in [-0.25, -0.2) is 4.79 Å². The molecule has 1 aliphatic heterocycles. The van der Waals surface area contributed by atoms with Gasteiger partial charge in [-0.05, 0) is 29.7 Å². The predicted octanol–water partition coefficient (Wildman–Crippen LogP) is 6.24. The number of esters is 1. The van der Waals surface area contributed by atoms with Gasteiger partial charge in [-0.2, -0.15) is 13.2 Å². The number of ether oxygens (including phenoxy) is 1. The monoisotopic (exact) mass is 479 g/mol. The van der Waals surface area contributed by atoms with Crippen LogP contribution in [0.1, 0.15) is 41.5 Å². The molecule has 4 rings (SSSR count). The summed E-state index contributed by atoms with van der Waals surface area (Å²) >= 11 is 0. The predicted molar refractivity (Wildman–Crippen MR) is 125 cm³/mol. The van der Waals surface area contributed by atoms with Crippen molar-refractivity contribution in [1.29, 1.82) is 0 Å². The van der Waals surface area contributed by atoms with Crippen LogP contribution in [0, 0.1) is 0 Å². The van der Waals surface area contributed by atoms with Crippen LogP contribution in [-0.2, 0) is 33.7 Å². The van der Waals surface area contributed by atoms with Crippen molar-refractivity contribution in [3.8, 4) is 0 Å². The summed E-state index contributed by atoms with van der Waals surface area (Å²) < 4.78 is 47.0. The number of amides is 1. The molecule has 0 saturated heterocycles. The zero-order valence-corrected chi connectivity index (χ0v) is 19.1. The number of hydrogen-bond acceptors (Lipinski definition) is 3. The van der Waals surface area contributed by atoms with E-state index in [1.54, 1.807) is 31.2 Å². The summed E-state index contributed by atoms with van der Waals surface area (Å²) in [6.07, 6.45) is -4.90. The minimum Gasteiger partial charge on any atom is -0.457 e. The zero-order chi connectivity index (χ0) is 25.0. The van der Waals surface area contributed by atoms with Crippen molar-refractivity contribution < 1.29 is 27.5 Å². The van der Waals surface area contributed by atoms with Crippen LogP contribution in [0.15, 0.2) is 96.2 Å². The van der Waals surface area contributed by atoms with E-state index in [1.165, 1.54) is 23.1 Å². The van der Waals surface area contributed by atoms with E-state index in [9.17, 15) is 22.8 Å². The van der Waals surface area contributed by atoms with Crippen LogP contribution in [0.3, 0.4) is 0 Å². The molecule has 1 heterocycles. The highest BCUT2D eigenvalue weighted by Crippen LogP contribution is 2.43. The largest absolute Gasteiger partial charge is 0.457 e. The summed E-state index contributed by atoms with van der Waals surface area (Å²) in [5.41, 5.74) is 0.971. The Labute approximate surface area is 201 Å². The summed E-state index contributed by atoms with van der Waals surface area (Å²) in [5.74, 6) is -2.16. The second-order valence-corrected chi connectivity index (χ2v) is 8.37. The Morgan fingerprint density at radius 3 is 2.11 bits per heavy atom. The Morgan fingerprint density at radius 2 is 1.49 bits per heavy atom.